The maximum atomic E-state index is 15.6. The van der Waals surface area contributed by atoms with Gasteiger partial charge in [-0.3, -0.25) is 14.5 Å². The third kappa shape index (κ3) is 19.2. The number of nitrogens with two attached hydrogens (primary N) is 1. The Balaban J connectivity index is 0.994. The summed E-state index contributed by atoms with van der Waals surface area (Å²) >= 11 is 2.80. The van der Waals surface area contributed by atoms with Gasteiger partial charge in [0.05, 0.1) is 44.0 Å². The number of alkyl carbamates (subject to hydrolysis) is 1. The fourth-order valence-corrected chi connectivity index (χ4v) is 11.6. The number of rotatable bonds is 26. The van der Waals surface area contributed by atoms with E-state index in [4.69, 9.17) is 32.8 Å². The number of fused-ring (bicyclic) bond motifs is 2. The zero-order valence-electron chi connectivity index (χ0n) is 51.6. The predicted octanol–water partition coefficient (Wildman–Crippen LogP) is 8.78. The number of benzene rings is 3. The number of terminal acetylenes is 2. The van der Waals surface area contributed by atoms with Gasteiger partial charge in [-0.05, 0) is 126 Å². The molecule has 2 atom stereocenters. The number of aryl methyl sites for hydroxylation is 1. The first kappa shape index (κ1) is 67.9. The Morgan fingerprint density at radius 2 is 1.73 bits per heavy atom. The van der Waals surface area contributed by atoms with Gasteiger partial charge in [-0.1, -0.05) is 61.1 Å². The molecule has 1 aliphatic heterocycles. The number of hydrogen-bond acceptors (Lipinski definition) is 17. The Kier molecular flexibility index (Phi) is 23.5. The van der Waals surface area contributed by atoms with Crippen molar-refractivity contribution >= 4 is 96.5 Å². The second kappa shape index (κ2) is 31.1. The van der Waals surface area contributed by atoms with Crippen LogP contribution in [0.2, 0.25) is 0 Å². The van der Waals surface area contributed by atoms with Crippen LogP contribution in [-0.4, -0.2) is 142 Å². The molecule has 0 saturated carbocycles. The number of nitrogens with zero attached hydrogens (tertiary/aromatic N) is 7. The van der Waals surface area contributed by atoms with E-state index < -0.39 is 65.4 Å². The van der Waals surface area contributed by atoms with Crippen molar-refractivity contribution in [3.05, 3.63) is 105 Å². The highest BCUT2D eigenvalue weighted by atomic mass is 32.1. The summed E-state index contributed by atoms with van der Waals surface area (Å²) in [4.78, 5) is 90.7. The molecule has 7 rings (SSSR count). The molecule has 23 nitrogen and oxygen atoms in total. The van der Waals surface area contributed by atoms with Gasteiger partial charge in [-0.2, -0.15) is 0 Å². The van der Waals surface area contributed by atoms with Gasteiger partial charge < -0.3 is 61.0 Å². The van der Waals surface area contributed by atoms with E-state index in [0.717, 1.165) is 39.7 Å². The molecule has 6 aromatic rings. The number of primary amides is 1. The van der Waals surface area contributed by atoms with Crippen molar-refractivity contribution in [1.82, 2.24) is 41.0 Å². The van der Waals surface area contributed by atoms with Crippen LogP contribution in [0.3, 0.4) is 0 Å². The number of halogens is 1. The minimum absolute atomic E-state index is 0.00956. The summed E-state index contributed by atoms with van der Waals surface area (Å²) in [5, 5.41) is 34.5. The van der Waals surface area contributed by atoms with E-state index in [1.165, 1.54) is 39.7 Å². The van der Waals surface area contributed by atoms with Gasteiger partial charge in [-0.15, -0.1) is 34.4 Å². The summed E-state index contributed by atoms with van der Waals surface area (Å²) in [5.74, 6) is 8.72. The number of hydrogen-bond donors (Lipinski definition) is 7. The molecule has 3 aromatic carbocycles. The molecule has 8 N–H and O–H groups in total. The fraction of sp³-hybridized carbons (Fsp3) is 0.406. The number of aromatic nitrogens is 4. The smallest absolute Gasteiger partial charge is 0.411 e. The SMILES string of the molecule is C#CCOC(=O)N(CC#C)Cc1cc(NC(=O)[C@H](CCCNC(N)=O)NC(=O)[C@@H](NC(=O)OC(C)(C)C)C(C)C)ccc1C[N+](C)(C)CC#Cc1ccc(OCCCc2sc(N3CCCc4c3nnc(Nc3nc5ccccc5s3)c4C)nc2C(=O)O)c(F)c1. The Labute approximate surface area is 530 Å². The van der Waals surface area contributed by atoms with E-state index in [-0.39, 0.29) is 68.2 Å². The molecule has 0 bridgehead atoms. The maximum absolute atomic E-state index is 15.6. The molecular formula is C64H75FN13O10S2+. The highest BCUT2D eigenvalue weighted by Crippen LogP contribution is 2.39. The summed E-state index contributed by atoms with van der Waals surface area (Å²) < 4.78 is 33.4. The van der Waals surface area contributed by atoms with Crippen molar-refractivity contribution < 1.29 is 57.0 Å². The molecule has 90 heavy (non-hydrogen) atoms. The topological polar surface area (TPSA) is 295 Å². The second-order valence-electron chi connectivity index (χ2n) is 23.2. The largest absolute Gasteiger partial charge is 0.491 e. The summed E-state index contributed by atoms with van der Waals surface area (Å²) in [7, 11) is 3.87. The molecular weight excluding hydrogens is 1190 g/mol. The second-order valence-corrected chi connectivity index (χ2v) is 25.3. The third-order valence-corrected chi connectivity index (χ3v) is 16.1. The van der Waals surface area contributed by atoms with Crippen LogP contribution >= 0.6 is 22.7 Å². The third-order valence-electron chi connectivity index (χ3n) is 14.0. The van der Waals surface area contributed by atoms with Gasteiger partial charge in [0.25, 0.3) is 0 Å². The number of carbonyl (C=O) groups is 6. The first-order chi connectivity index (χ1) is 42.8. The number of quaternary nitrogens is 1. The van der Waals surface area contributed by atoms with Crippen molar-refractivity contribution in [2.75, 3.05) is 69.0 Å². The number of para-hydroxylation sites is 1. The lowest BCUT2D eigenvalue weighted by Crippen LogP contribution is -2.55. The fourth-order valence-electron chi connectivity index (χ4n) is 9.63. The number of carbonyl (C=O) groups excluding carboxylic acids is 5. The molecule has 0 radical (unpaired) electrons. The molecule has 0 unspecified atom stereocenters. The molecule has 3 aromatic heterocycles. The molecule has 0 spiro atoms. The highest BCUT2D eigenvalue weighted by Gasteiger charge is 2.32. The van der Waals surface area contributed by atoms with E-state index in [1.54, 1.807) is 58.9 Å². The van der Waals surface area contributed by atoms with Crippen molar-refractivity contribution in [3.63, 3.8) is 0 Å². The molecule has 474 valence electrons. The Hall–Kier alpha value is -9.55. The van der Waals surface area contributed by atoms with Crippen LogP contribution in [0.1, 0.15) is 103 Å². The van der Waals surface area contributed by atoms with Crippen molar-refractivity contribution in [3.8, 4) is 42.3 Å². The molecule has 0 fully saturated rings. The Morgan fingerprint density at radius 1 is 0.956 bits per heavy atom. The highest BCUT2D eigenvalue weighted by molar-refractivity contribution is 7.22. The average molecular weight is 1270 g/mol. The van der Waals surface area contributed by atoms with Crippen LogP contribution in [0.15, 0.2) is 60.7 Å². The van der Waals surface area contributed by atoms with Crippen LogP contribution in [-0.2, 0) is 45.0 Å². The predicted molar refractivity (Wildman–Crippen MR) is 343 cm³/mol. The van der Waals surface area contributed by atoms with Crippen LogP contribution in [0.25, 0.3) is 10.2 Å². The van der Waals surface area contributed by atoms with Crippen LogP contribution in [0, 0.1) is 55.2 Å². The van der Waals surface area contributed by atoms with Gasteiger partial charge in [0.2, 0.25) is 11.8 Å². The Bertz CT molecular complexity index is 3730. The first-order valence-electron chi connectivity index (χ1n) is 29.1. The van der Waals surface area contributed by atoms with Gasteiger partial charge in [0.15, 0.2) is 45.8 Å². The van der Waals surface area contributed by atoms with Gasteiger partial charge in [0.1, 0.15) is 30.8 Å². The van der Waals surface area contributed by atoms with Crippen LogP contribution in [0.4, 0.5) is 46.4 Å². The van der Waals surface area contributed by atoms with E-state index in [0.29, 0.717) is 69.5 Å². The van der Waals surface area contributed by atoms with Crippen molar-refractivity contribution in [1.29, 1.82) is 0 Å². The van der Waals surface area contributed by atoms with Crippen molar-refractivity contribution in [2.45, 2.75) is 111 Å². The molecule has 1 aliphatic rings. The lowest BCUT2D eigenvalue weighted by atomic mass is 10.0. The number of ether oxygens (including phenoxy) is 3. The number of carboxylic acid groups (broad SMARTS) is 1. The maximum Gasteiger partial charge on any atom is 0.411 e. The molecule has 0 saturated heterocycles. The number of nitrogens with one attached hydrogen (secondary N) is 5. The van der Waals surface area contributed by atoms with Gasteiger partial charge in [0, 0.05) is 45.9 Å². The number of urea groups is 1. The zero-order valence-corrected chi connectivity index (χ0v) is 53.2. The number of amides is 6. The summed E-state index contributed by atoms with van der Waals surface area (Å²) in [6, 6.07) is 14.4. The van der Waals surface area contributed by atoms with E-state index in [2.05, 4.69) is 70.4 Å². The summed E-state index contributed by atoms with van der Waals surface area (Å²) in [6.45, 7) is 11.4. The minimum Gasteiger partial charge on any atom is -0.491 e. The normalized spacial score (nSPS) is 12.6. The lowest BCUT2D eigenvalue weighted by molar-refractivity contribution is -0.896. The molecule has 4 heterocycles. The van der Waals surface area contributed by atoms with E-state index in [1.807, 2.05) is 50.2 Å². The minimum atomic E-state index is -1.16. The average Bonchev–Trinajstić information content (AvgIpc) is 1.39. The first-order valence-corrected chi connectivity index (χ1v) is 30.7. The Morgan fingerprint density at radius 3 is 2.43 bits per heavy atom. The monoisotopic (exact) mass is 1270 g/mol. The standard InChI is InChI=1S/C64H74FN13O10S2/c1-11-30-76(63(85)87-33-12-2)37-43-36-44(68-56(79)48(22-15-29-67-59(66)83)69-57(80)52(39(3)4)72-62(84)88-64(6,7)8)27-26-42(43)38-78(9,10)32-17-19-41-25-28-49(46(65)35-41)86-34-18-24-51-53(58(81)82)71-61(90-51)77-31-16-20-45-40(5)54(74-75-55(45)77)73-60-70-47-21-13-14-23-50(47)89-60/h1-2,13-14,21,23,25-28,35-36,39,48,52H,15-16,18,20,22,24,29-34,37-38H2,3-10H3,(H7-,66,67,68,69,70,72,73,74,79,80,81,82,83,84)/p+1/t48-,52-/m0/s1. The quantitative estimate of drug-likeness (QED) is 0.0152. The number of thiazole rings is 2. The van der Waals surface area contributed by atoms with E-state index >= 15 is 4.39 Å². The lowest BCUT2D eigenvalue weighted by Gasteiger charge is -2.30. The van der Waals surface area contributed by atoms with Crippen molar-refractivity contribution in [2.24, 2.45) is 11.7 Å². The van der Waals surface area contributed by atoms with Gasteiger partial charge >= 0.3 is 24.2 Å². The molecule has 0 aliphatic carbocycles. The summed E-state index contributed by atoms with van der Waals surface area (Å²) in [6.07, 6.45) is 12.0. The summed E-state index contributed by atoms with van der Waals surface area (Å²) in [5.41, 5.74) is 9.19. The number of carboxylic acids is 1. The van der Waals surface area contributed by atoms with Gasteiger partial charge in [-0.25, -0.2) is 33.5 Å². The number of anilines is 5. The molecule has 6 amide bonds. The molecule has 26 heteroatoms. The zero-order chi connectivity index (χ0) is 65.3. The van der Waals surface area contributed by atoms with Crippen LogP contribution in [0.5, 0.6) is 5.75 Å². The van der Waals surface area contributed by atoms with Crippen LogP contribution < -0.4 is 42.0 Å². The number of aromatic carboxylic acids is 1. The van der Waals surface area contributed by atoms with E-state index in [9.17, 15) is 33.9 Å².